The Kier molecular flexibility index (Phi) is 5.04. The molecule has 0 saturated heterocycles. The molecule has 1 amide bonds. The van der Waals surface area contributed by atoms with Crippen molar-refractivity contribution in [2.24, 2.45) is 0 Å². The summed E-state index contributed by atoms with van der Waals surface area (Å²) in [7, 11) is 0. The second-order valence-electron chi connectivity index (χ2n) is 5.53. The average Bonchev–Trinajstić information content (AvgIpc) is 2.33. The van der Waals surface area contributed by atoms with Crippen LogP contribution in [0.4, 0.5) is 18.0 Å². The van der Waals surface area contributed by atoms with E-state index in [0.717, 1.165) is 0 Å². The van der Waals surface area contributed by atoms with E-state index in [2.05, 4.69) is 11.9 Å². The summed E-state index contributed by atoms with van der Waals surface area (Å²) in [6, 6.07) is 5.65. The molecule has 0 heterocycles. The second kappa shape index (κ2) is 6.20. The van der Waals surface area contributed by atoms with E-state index in [1.54, 1.807) is 20.8 Å². The van der Waals surface area contributed by atoms with Crippen LogP contribution in [0.25, 0.3) is 5.57 Å². The Morgan fingerprint density at radius 1 is 1.19 bits per heavy atom. The monoisotopic (exact) mass is 301 g/mol. The van der Waals surface area contributed by atoms with Crippen molar-refractivity contribution < 1.29 is 22.7 Å². The molecule has 0 aliphatic rings. The molecular formula is C15H18F3NO2. The highest BCUT2D eigenvalue weighted by Crippen LogP contribution is 2.32. The predicted molar refractivity (Wildman–Crippen MR) is 74.6 cm³/mol. The van der Waals surface area contributed by atoms with Crippen LogP contribution in [0.3, 0.4) is 0 Å². The normalized spacial score (nSPS) is 11.9. The Bertz CT molecular complexity index is 513. The SMILES string of the molecule is C=C(c1ccc(CNC(=O)OC(C)(C)C)cc1)C(F)(F)F. The second-order valence-corrected chi connectivity index (χ2v) is 5.53. The topological polar surface area (TPSA) is 38.3 Å². The van der Waals surface area contributed by atoms with Gasteiger partial charge in [-0.15, -0.1) is 0 Å². The molecule has 21 heavy (non-hydrogen) atoms. The Labute approximate surface area is 121 Å². The van der Waals surface area contributed by atoms with Gasteiger partial charge in [0.25, 0.3) is 0 Å². The summed E-state index contributed by atoms with van der Waals surface area (Å²) in [6.07, 6.45) is -5.03. The lowest BCUT2D eigenvalue weighted by Gasteiger charge is -2.19. The maximum absolute atomic E-state index is 12.5. The number of rotatable bonds is 3. The van der Waals surface area contributed by atoms with Crippen molar-refractivity contribution >= 4 is 11.7 Å². The minimum absolute atomic E-state index is 0.00326. The van der Waals surface area contributed by atoms with Gasteiger partial charge in [0.1, 0.15) is 5.60 Å². The molecule has 0 spiro atoms. The van der Waals surface area contributed by atoms with Crippen LogP contribution in [0.15, 0.2) is 30.8 Å². The third-order valence-electron chi connectivity index (χ3n) is 2.48. The number of alkyl carbamates (subject to hydrolysis) is 1. The van der Waals surface area contributed by atoms with Crippen LogP contribution in [0.2, 0.25) is 0 Å². The molecule has 0 saturated carbocycles. The molecule has 0 radical (unpaired) electrons. The average molecular weight is 301 g/mol. The number of carbonyl (C=O) groups is 1. The number of carbonyl (C=O) groups excluding carboxylic acids is 1. The zero-order chi connectivity index (χ0) is 16.3. The Hall–Kier alpha value is -1.98. The van der Waals surface area contributed by atoms with Crippen molar-refractivity contribution in [2.45, 2.75) is 39.1 Å². The van der Waals surface area contributed by atoms with Gasteiger partial charge in [0.2, 0.25) is 0 Å². The van der Waals surface area contributed by atoms with Gasteiger partial charge in [-0.2, -0.15) is 13.2 Å². The van der Waals surface area contributed by atoms with Gasteiger partial charge < -0.3 is 10.1 Å². The lowest BCUT2D eigenvalue weighted by molar-refractivity contribution is -0.0686. The third-order valence-corrected chi connectivity index (χ3v) is 2.48. The molecule has 0 fully saturated rings. The van der Waals surface area contributed by atoms with Gasteiger partial charge >= 0.3 is 12.3 Å². The number of hydrogen-bond donors (Lipinski definition) is 1. The fourth-order valence-corrected chi connectivity index (χ4v) is 1.48. The predicted octanol–water partition coefficient (Wildman–Crippen LogP) is 4.29. The standard InChI is InChI=1S/C15H18F3NO2/c1-10(15(16,17)18)12-7-5-11(6-8-12)9-19-13(20)21-14(2,3)4/h5-8H,1,9H2,2-4H3,(H,19,20). The van der Waals surface area contributed by atoms with Gasteiger partial charge in [-0.25, -0.2) is 4.79 Å². The molecular weight excluding hydrogens is 283 g/mol. The van der Waals surface area contributed by atoms with Crippen LogP contribution in [0.5, 0.6) is 0 Å². The summed E-state index contributed by atoms with van der Waals surface area (Å²) in [4.78, 5) is 11.4. The van der Waals surface area contributed by atoms with Crippen LogP contribution < -0.4 is 5.32 Å². The van der Waals surface area contributed by atoms with Crippen LogP contribution in [-0.2, 0) is 11.3 Å². The Balaban J connectivity index is 2.60. The maximum Gasteiger partial charge on any atom is 0.416 e. The Morgan fingerprint density at radius 2 is 1.71 bits per heavy atom. The molecule has 0 bridgehead atoms. The van der Waals surface area contributed by atoms with E-state index in [1.165, 1.54) is 24.3 Å². The highest BCUT2D eigenvalue weighted by molar-refractivity contribution is 5.68. The van der Waals surface area contributed by atoms with Crippen LogP contribution in [-0.4, -0.2) is 17.9 Å². The van der Waals surface area contributed by atoms with Crippen LogP contribution in [0, 0.1) is 0 Å². The van der Waals surface area contributed by atoms with Gasteiger partial charge in [0, 0.05) is 6.54 Å². The maximum atomic E-state index is 12.5. The van der Waals surface area contributed by atoms with Crippen molar-refractivity contribution in [2.75, 3.05) is 0 Å². The summed E-state index contributed by atoms with van der Waals surface area (Å²) >= 11 is 0. The molecule has 3 nitrogen and oxygen atoms in total. The zero-order valence-corrected chi connectivity index (χ0v) is 12.2. The summed E-state index contributed by atoms with van der Waals surface area (Å²) in [5.74, 6) is 0. The van der Waals surface area contributed by atoms with Crippen molar-refractivity contribution in [3.63, 3.8) is 0 Å². The fourth-order valence-electron chi connectivity index (χ4n) is 1.48. The summed E-state index contributed by atoms with van der Waals surface area (Å²) in [5, 5.41) is 2.53. The fraction of sp³-hybridized carbons (Fsp3) is 0.400. The van der Waals surface area contributed by atoms with Crippen molar-refractivity contribution in [1.29, 1.82) is 0 Å². The summed E-state index contributed by atoms with van der Waals surface area (Å²) < 4.78 is 42.5. The van der Waals surface area contributed by atoms with E-state index in [9.17, 15) is 18.0 Å². The molecule has 0 unspecified atom stereocenters. The van der Waals surface area contributed by atoms with E-state index in [0.29, 0.717) is 5.56 Å². The molecule has 116 valence electrons. The number of allylic oxidation sites excluding steroid dienone is 1. The minimum Gasteiger partial charge on any atom is -0.444 e. The number of nitrogens with one attached hydrogen (secondary N) is 1. The van der Waals surface area contributed by atoms with Crippen molar-refractivity contribution in [3.05, 3.63) is 42.0 Å². The molecule has 1 rings (SSSR count). The minimum atomic E-state index is -4.45. The van der Waals surface area contributed by atoms with Crippen molar-refractivity contribution in [1.82, 2.24) is 5.32 Å². The van der Waals surface area contributed by atoms with E-state index < -0.39 is 23.4 Å². The number of benzene rings is 1. The van der Waals surface area contributed by atoms with Crippen LogP contribution in [0.1, 0.15) is 31.9 Å². The van der Waals surface area contributed by atoms with Gasteiger partial charge in [-0.1, -0.05) is 30.8 Å². The molecule has 1 aromatic carbocycles. The Morgan fingerprint density at radius 3 is 2.14 bits per heavy atom. The number of hydrogen-bond acceptors (Lipinski definition) is 2. The van der Waals surface area contributed by atoms with E-state index in [-0.39, 0.29) is 12.1 Å². The van der Waals surface area contributed by atoms with E-state index in [1.807, 2.05) is 0 Å². The first-order valence-electron chi connectivity index (χ1n) is 6.31. The lowest BCUT2D eigenvalue weighted by Crippen LogP contribution is -2.32. The summed E-state index contributed by atoms with van der Waals surface area (Å²) in [6.45, 7) is 8.42. The van der Waals surface area contributed by atoms with E-state index >= 15 is 0 Å². The molecule has 0 atom stereocenters. The quantitative estimate of drug-likeness (QED) is 0.904. The number of amides is 1. The molecule has 0 aromatic heterocycles. The van der Waals surface area contributed by atoms with Crippen LogP contribution >= 0.6 is 0 Å². The van der Waals surface area contributed by atoms with E-state index in [4.69, 9.17) is 4.74 Å². The third kappa shape index (κ3) is 5.89. The molecule has 0 aliphatic heterocycles. The van der Waals surface area contributed by atoms with Gasteiger partial charge in [0.05, 0.1) is 5.57 Å². The first-order valence-corrected chi connectivity index (χ1v) is 6.31. The van der Waals surface area contributed by atoms with Gasteiger partial charge in [-0.05, 0) is 31.9 Å². The highest BCUT2D eigenvalue weighted by Gasteiger charge is 2.32. The highest BCUT2D eigenvalue weighted by atomic mass is 19.4. The molecule has 1 aromatic rings. The van der Waals surface area contributed by atoms with Gasteiger partial charge in [-0.3, -0.25) is 0 Å². The smallest absolute Gasteiger partial charge is 0.416 e. The molecule has 1 N–H and O–H groups in total. The molecule has 0 aliphatic carbocycles. The zero-order valence-electron chi connectivity index (χ0n) is 12.2. The lowest BCUT2D eigenvalue weighted by atomic mass is 10.1. The largest absolute Gasteiger partial charge is 0.444 e. The number of halogens is 3. The summed E-state index contributed by atoms with van der Waals surface area (Å²) in [5.41, 5.74) is -0.824. The van der Waals surface area contributed by atoms with Crippen molar-refractivity contribution in [3.8, 4) is 0 Å². The first kappa shape index (κ1) is 17.1. The number of alkyl halides is 3. The van der Waals surface area contributed by atoms with Gasteiger partial charge in [0.15, 0.2) is 0 Å². The number of ether oxygens (including phenoxy) is 1. The first-order chi connectivity index (χ1) is 9.49. The molecule has 6 heteroatoms.